The van der Waals surface area contributed by atoms with Gasteiger partial charge in [-0.25, -0.2) is 9.59 Å². The van der Waals surface area contributed by atoms with E-state index in [2.05, 4.69) is 24.1 Å². The van der Waals surface area contributed by atoms with Crippen LogP contribution in [0.1, 0.15) is 103 Å². The molecule has 0 saturated heterocycles. The Labute approximate surface area is 267 Å². The number of rotatable bonds is 25. The molecule has 4 atom stereocenters. The number of carbonyl (C=O) groups excluding carboxylic acids is 1. The normalized spacial score (nSPS) is 14.5. The Kier molecular flexibility index (Phi) is 20.3. The van der Waals surface area contributed by atoms with Gasteiger partial charge in [0.2, 0.25) is 5.91 Å². The van der Waals surface area contributed by atoms with Gasteiger partial charge in [0.15, 0.2) is 5.60 Å². The highest BCUT2D eigenvalue weighted by Gasteiger charge is 2.47. The first-order chi connectivity index (χ1) is 21.6. The fourth-order valence-corrected chi connectivity index (χ4v) is 5.00. The lowest BCUT2D eigenvalue weighted by Crippen LogP contribution is -2.55. The number of unbranched alkanes of at least 4 members (excludes halogenated alkanes) is 8. The number of hydrogen-bond donors (Lipinski definition) is 6. The van der Waals surface area contributed by atoms with Crippen LogP contribution in [-0.4, -0.2) is 74.3 Å². The maximum Gasteiger partial charge on any atom is 0.336 e. The number of benzene rings is 1. The van der Waals surface area contributed by atoms with E-state index in [1.54, 1.807) is 37.3 Å². The molecule has 0 spiro atoms. The van der Waals surface area contributed by atoms with Crippen molar-refractivity contribution in [2.24, 2.45) is 5.92 Å². The van der Waals surface area contributed by atoms with Crippen LogP contribution in [0.2, 0.25) is 0 Å². The fourth-order valence-electron chi connectivity index (χ4n) is 5.00. The Morgan fingerprint density at radius 1 is 0.978 bits per heavy atom. The molecule has 10 heteroatoms. The van der Waals surface area contributed by atoms with E-state index in [0.717, 1.165) is 51.4 Å². The molecule has 0 bridgehead atoms. The maximum atomic E-state index is 13.3. The molecule has 10 nitrogen and oxygen atoms in total. The molecule has 0 heterocycles. The smallest absolute Gasteiger partial charge is 0.336 e. The summed E-state index contributed by atoms with van der Waals surface area (Å²) in [5.41, 5.74) is -2.04. The van der Waals surface area contributed by atoms with Crippen molar-refractivity contribution in [3.63, 3.8) is 0 Å². The van der Waals surface area contributed by atoms with Crippen LogP contribution in [-0.2, 0) is 20.8 Å². The molecule has 0 aliphatic rings. The van der Waals surface area contributed by atoms with Gasteiger partial charge in [-0.3, -0.25) is 4.79 Å². The molecular weight excluding hydrogens is 578 g/mol. The van der Waals surface area contributed by atoms with Crippen LogP contribution in [0.3, 0.4) is 0 Å². The van der Waals surface area contributed by atoms with Gasteiger partial charge in [0.25, 0.3) is 0 Å². The number of ether oxygens (including phenoxy) is 1. The molecule has 1 unspecified atom stereocenters. The maximum absolute atomic E-state index is 13.3. The number of hydrogen-bond acceptors (Lipinski definition) is 7. The number of aliphatic hydroxyl groups excluding tert-OH is 2. The number of aliphatic hydroxyl groups is 3. The van der Waals surface area contributed by atoms with Gasteiger partial charge in [-0.15, -0.1) is 5.92 Å². The monoisotopic (exact) mass is 631 g/mol. The minimum atomic E-state index is -2.63. The van der Waals surface area contributed by atoms with Crippen molar-refractivity contribution in [2.75, 3.05) is 13.2 Å². The van der Waals surface area contributed by atoms with E-state index in [-0.39, 0.29) is 19.1 Å². The number of aliphatic carboxylic acids is 2. The lowest BCUT2D eigenvalue weighted by molar-refractivity contribution is -0.168. The lowest BCUT2D eigenvalue weighted by atomic mass is 9.83. The SMILES string of the molecule is CC#CCOc1ccc(C[C@H](NC(=O)[C@@H](C=CCCCCCCC(O)CCCCCCC)[C@@](O)(CCO)C(=O)O)C(=O)O)cc1. The predicted molar refractivity (Wildman–Crippen MR) is 173 cm³/mol. The summed E-state index contributed by atoms with van der Waals surface area (Å²) in [6, 6.07) is 5.22. The molecule has 1 amide bonds. The van der Waals surface area contributed by atoms with Gasteiger partial charge < -0.3 is 35.6 Å². The molecule has 0 aromatic heterocycles. The van der Waals surface area contributed by atoms with E-state index in [4.69, 9.17) is 4.74 Å². The van der Waals surface area contributed by atoms with Crippen LogP contribution in [0.5, 0.6) is 5.75 Å². The minimum Gasteiger partial charge on any atom is -0.481 e. The van der Waals surface area contributed by atoms with Crippen LogP contribution in [0, 0.1) is 17.8 Å². The third-order valence-electron chi connectivity index (χ3n) is 7.75. The molecule has 0 fully saturated rings. The summed E-state index contributed by atoms with van der Waals surface area (Å²) in [4.78, 5) is 37.3. The first-order valence-corrected chi connectivity index (χ1v) is 16.1. The van der Waals surface area contributed by atoms with Crippen LogP contribution in [0.15, 0.2) is 36.4 Å². The van der Waals surface area contributed by atoms with Gasteiger partial charge >= 0.3 is 11.9 Å². The van der Waals surface area contributed by atoms with Crippen molar-refractivity contribution in [3.8, 4) is 17.6 Å². The van der Waals surface area contributed by atoms with E-state index in [9.17, 15) is 39.9 Å². The van der Waals surface area contributed by atoms with Gasteiger partial charge in [-0.2, -0.15) is 0 Å². The Morgan fingerprint density at radius 2 is 1.60 bits per heavy atom. The summed E-state index contributed by atoms with van der Waals surface area (Å²) in [6.07, 6.45) is 13.3. The topological polar surface area (TPSA) is 174 Å². The number of carbonyl (C=O) groups is 3. The van der Waals surface area contributed by atoms with Gasteiger partial charge in [-0.1, -0.05) is 88.5 Å². The zero-order valence-corrected chi connectivity index (χ0v) is 26.9. The third-order valence-corrected chi connectivity index (χ3v) is 7.75. The molecule has 0 radical (unpaired) electrons. The molecule has 6 N–H and O–H groups in total. The van der Waals surface area contributed by atoms with Crippen molar-refractivity contribution >= 4 is 17.8 Å². The third kappa shape index (κ3) is 15.9. The van der Waals surface area contributed by atoms with Gasteiger partial charge in [0.05, 0.1) is 12.0 Å². The molecule has 0 aliphatic carbocycles. The molecule has 0 saturated carbocycles. The lowest BCUT2D eigenvalue weighted by Gasteiger charge is -2.30. The second-order valence-corrected chi connectivity index (χ2v) is 11.4. The highest BCUT2D eigenvalue weighted by molar-refractivity contribution is 5.92. The average molecular weight is 632 g/mol. The van der Waals surface area contributed by atoms with Crippen LogP contribution < -0.4 is 10.1 Å². The van der Waals surface area contributed by atoms with E-state index in [1.165, 1.54) is 25.3 Å². The molecular formula is C35H53NO9. The van der Waals surface area contributed by atoms with Crippen molar-refractivity contribution < 1.29 is 44.7 Å². The molecule has 0 aliphatic heterocycles. The first kappa shape index (κ1) is 39.6. The molecule has 1 rings (SSSR count). The Hall–Kier alpha value is -3.39. The van der Waals surface area contributed by atoms with Crippen molar-refractivity contribution in [1.29, 1.82) is 0 Å². The standard InChI is InChI=1S/C35H53NO9/c1-3-5-7-10-13-16-28(38)17-14-11-8-9-12-15-18-30(35(44,23-24-37)34(42)43)32(39)36-31(33(40)41)26-27-19-21-29(22-20-27)45-25-6-4-2/h15,18-22,28,30-31,37-38,44H,3,5,7-14,16-17,23-26H2,1-2H3,(H,36,39)(H,40,41)(H,42,43)/t28?,30-,31+,35+/m1/s1. The van der Waals surface area contributed by atoms with Gasteiger partial charge in [-0.05, 0) is 50.3 Å². The molecule has 252 valence electrons. The Bertz CT molecular complexity index is 1090. The highest BCUT2D eigenvalue weighted by Crippen LogP contribution is 2.25. The second kappa shape index (κ2) is 23.0. The van der Waals surface area contributed by atoms with E-state index in [1.807, 2.05) is 0 Å². The highest BCUT2D eigenvalue weighted by atomic mass is 16.5. The van der Waals surface area contributed by atoms with Gasteiger partial charge in [0.1, 0.15) is 18.4 Å². The fraction of sp³-hybridized carbons (Fsp3) is 0.629. The quantitative estimate of drug-likeness (QED) is 0.0511. The predicted octanol–water partition coefficient (Wildman–Crippen LogP) is 4.63. The molecule has 45 heavy (non-hydrogen) atoms. The number of nitrogens with one attached hydrogen (secondary N) is 1. The molecule has 1 aromatic carbocycles. The van der Waals surface area contributed by atoms with Crippen LogP contribution >= 0.6 is 0 Å². The Morgan fingerprint density at radius 3 is 2.16 bits per heavy atom. The summed E-state index contributed by atoms with van der Waals surface area (Å²) < 4.78 is 5.46. The number of amides is 1. The second-order valence-electron chi connectivity index (χ2n) is 11.4. The summed E-state index contributed by atoms with van der Waals surface area (Å²) >= 11 is 0. The summed E-state index contributed by atoms with van der Waals surface area (Å²) in [5, 5.41) is 52.5. The van der Waals surface area contributed by atoms with Crippen molar-refractivity contribution in [3.05, 3.63) is 42.0 Å². The van der Waals surface area contributed by atoms with E-state index in [0.29, 0.717) is 17.7 Å². The summed E-state index contributed by atoms with van der Waals surface area (Å²) in [5.74, 6) is 0.410. The molecule has 1 aromatic rings. The number of carboxylic acids is 2. The average Bonchev–Trinajstić information content (AvgIpc) is 3.00. The van der Waals surface area contributed by atoms with E-state index < -0.39 is 48.4 Å². The van der Waals surface area contributed by atoms with E-state index >= 15 is 0 Å². The van der Waals surface area contributed by atoms with Crippen LogP contribution in [0.25, 0.3) is 0 Å². The first-order valence-electron chi connectivity index (χ1n) is 16.1. The number of carboxylic acid groups (broad SMARTS) is 2. The zero-order valence-electron chi connectivity index (χ0n) is 26.9. The summed E-state index contributed by atoms with van der Waals surface area (Å²) in [6.45, 7) is 3.39. The largest absolute Gasteiger partial charge is 0.481 e. The summed E-state index contributed by atoms with van der Waals surface area (Å²) in [7, 11) is 0. The van der Waals surface area contributed by atoms with Crippen molar-refractivity contribution in [1.82, 2.24) is 5.32 Å². The minimum absolute atomic E-state index is 0.0917. The van der Waals surface area contributed by atoms with Gasteiger partial charge in [0, 0.05) is 19.4 Å². The zero-order chi connectivity index (χ0) is 33.5. The Balaban J connectivity index is 2.76. The van der Waals surface area contributed by atoms with Crippen LogP contribution in [0.4, 0.5) is 0 Å². The number of allylic oxidation sites excluding steroid dienone is 1. The van der Waals surface area contributed by atoms with Crippen molar-refractivity contribution in [2.45, 2.75) is 121 Å².